The Morgan fingerprint density at radius 2 is 1.74 bits per heavy atom. The van der Waals surface area contributed by atoms with Crippen molar-refractivity contribution in [1.82, 2.24) is 15.5 Å². The molecule has 4 unspecified atom stereocenters. The van der Waals surface area contributed by atoms with Crippen LogP contribution in [0.1, 0.15) is 32.1 Å². The third kappa shape index (κ3) is 8.05. The lowest BCUT2D eigenvalue weighted by Crippen LogP contribution is -2.57. The summed E-state index contributed by atoms with van der Waals surface area (Å²) in [6.07, 6.45) is -0.417. The summed E-state index contributed by atoms with van der Waals surface area (Å²) in [5.74, 6) is -5.78. The van der Waals surface area contributed by atoms with Crippen LogP contribution in [-0.4, -0.2) is 87.1 Å². The van der Waals surface area contributed by atoms with Gasteiger partial charge in [-0.2, -0.15) is 12.6 Å². The van der Waals surface area contributed by atoms with Gasteiger partial charge in [-0.15, -0.1) is 0 Å². The van der Waals surface area contributed by atoms with Crippen molar-refractivity contribution in [2.45, 2.75) is 56.3 Å². The first-order valence-corrected chi connectivity index (χ1v) is 10.1. The molecular formula is C17H27N5O8S. The summed E-state index contributed by atoms with van der Waals surface area (Å²) in [6, 6.07) is -4.89. The number of carboxylic acid groups (broad SMARTS) is 2. The normalized spacial score (nSPS) is 18.5. The maximum Gasteiger partial charge on any atom is 0.327 e. The highest BCUT2D eigenvalue weighted by molar-refractivity contribution is 7.80. The fraction of sp³-hybridized carbons (Fsp3) is 0.647. The molecule has 1 rings (SSSR count). The van der Waals surface area contributed by atoms with E-state index in [1.54, 1.807) is 0 Å². The highest BCUT2D eigenvalue weighted by Gasteiger charge is 2.39. The zero-order chi connectivity index (χ0) is 23.7. The smallest absolute Gasteiger partial charge is 0.327 e. The number of carbonyl (C=O) groups excluding carboxylic acids is 4. The fourth-order valence-corrected chi connectivity index (χ4v) is 3.29. The molecule has 0 aromatic carbocycles. The minimum Gasteiger partial charge on any atom is -0.481 e. The number of nitrogens with two attached hydrogens (primary N) is 2. The van der Waals surface area contributed by atoms with E-state index in [0.717, 1.165) is 4.90 Å². The number of hydrogen-bond acceptors (Lipinski definition) is 8. The number of rotatable bonds is 12. The number of aliphatic carboxylic acids is 2. The first-order valence-electron chi connectivity index (χ1n) is 9.48. The average Bonchev–Trinajstić information content (AvgIpc) is 3.18. The van der Waals surface area contributed by atoms with Crippen molar-refractivity contribution < 1.29 is 39.0 Å². The van der Waals surface area contributed by atoms with Crippen LogP contribution in [0.5, 0.6) is 0 Å². The van der Waals surface area contributed by atoms with Crippen LogP contribution in [0.2, 0.25) is 0 Å². The summed E-state index contributed by atoms with van der Waals surface area (Å²) in [5.41, 5.74) is 10.8. The third-order valence-electron chi connectivity index (χ3n) is 4.66. The second kappa shape index (κ2) is 12.1. The van der Waals surface area contributed by atoms with Crippen LogP contribution in [-0.2, 0) is 28.8 Å². The second-order valence-electron chi connectivity index (χ2n) is 7.04. The molecule has 1 aliphatic rings. The molecule has 4 amide bonds. The van der Waals surface area contributed by atoms with Gasteiger partial charge < -0.3 is 37.2 Å². The molecule has 8 N–H and O–H groups in total. The molecule has 1 saturated heterocycles. The zero-order valence-corrected chi connectivity index (χ0v) is 17.5. The molecular weight excluding hydrogens is 434 g/mol. The predicted octanol–water partition coefficient (Wildman–Crippen LogP) is -2.97. The molecule has 1 heterocycles. The number of carbonyl (C=O) groups is 6. The topological polar surface area (TPSA) is 222 Å². The Morgan fingerprint density at radius 1 is 1.10 bits per heavy atom. The van der Waals surface area contributed by atoms with Gasteiger partial charge in [0.2, 0.25) is 23.6 Å². The Balaban J connectivity index is 2.91. The number of amides is 4. The van der Waals surface area contributed by atoms with Crippen LogP contribution in [0.3, 0.4) is 0 Å². The SMILES string of the molecule is NC(=O)CC(NC(=O)C(N)CCC(=O)O)C(=O)N1CCCC1C(=O)NC(CS)C(=O)O. The molecule has 0 aliphatic carbocycles. The second-order valence-corrected chi connectivity index (χ2v) is 7.41. The summed E-state index contributed by atoms with van der Waals surface area (Å²) < 4.78 is 0. The van der Waals surface area contributed by atoms with Gasteiger partial charge in [0, 0.05) is 18.7 Å². The van der Waals surface area contributed by atoms with Gasteiger partial charge >= 0.3 is 11.9 Å². The van der Waals surface area contributed by atoms with E-state index in [1.807, 2.05) is 0 Å². The van der Waals surface area contributed by atoms with Crippen LogP contribution in [0.4, 0.5) is 0 Å². The number of nitrogens with one attached hydrogen (secondary N) is 2. The molecule has 14 heteroatoms. The van der Waals surface area contributed by atoms with Crippen molar-refractivity contribution in [3.63, 3.8) is 0 Å². The number of nitrogens with zero attached hydrogens (tertiary/aromatic N) is 1. The lowest BCUT2D eigenvalue weighted by molar-refractivity contribution is -0.145. The molecule has 0 bridgehead atoms. The Bertz CT molecular complexity index is 733. The highest BCUT2D eigenvalue weighted by Crippen LogP contribution is 2.19. The van der Waals surface area contributed by atoms with Crippen molar-refractivity contribution in [1.29, 1.82) is 0 Å². The van der Waals surface area contributed by atoms with Crippen molar-refractivity contribution in [2.24, 2.45) is 11.5 Å². The van der Waals surface area contributed by atoms with Crippen LogP contribution in [0.15, 0.2) is 0 Å². The van der Waals surface area contributed by atoms with E-state index in [0.29, 0.717) is 6.42 Å². The molecule has 0 spiro atoms. The van der Waals surface area contributed by atoms with E-state index in [-0.39, 0.29) is 31.6 Å². The standard InChI is InChI=1S/C17H27N5O8S/c18-8(3-4-13(24)25)14(26)20-9(6-12(19)23)16(28)22-5-1-2-11(22)15(27)21-10(7-31)17(29)30/h8-11,31H,1-7,18H2,(H2,19,23)(H,20,26)(H,21,27)(H,24,25)(H,29,30). The summed E-state index contributed by atoms with van der Waals surface area (Å²) in [5, 5.41) is 22.3. The number of primary amides is 1. The first kappa shape index (κ1) is 26.2. The summed E-state index contributed by atoms with van der Waals surface area (Å²) >= 11 is 3.87. The maximum atomic E-state index is 13.0. The van der Waals surface area contributed by atoms with E-state index in [9.17, 15) is 28.8 Å². The van der Waals surface area contributed by atoms with Gasteiger partial charge in [-0.05, 0) is 19.3 Å². The molecule has 4 atom stereocenters. The first-order chi connectivity index (χ1) is 14.5. The van der Waals surface area contributed by atoms with Crippen LogP contribution in [0, 0.1) is 0 Å². The minimum atomic E-state index is -1.41. The monoisotopic (exact) mass is 461 g/mol. The number of likely N-dealkylation sites (tertiary alicyclic amines) is 1. The van der Waals surface area contributed by atoms with Crippen LogP contribution < -0.4 is 22.1 Å². The highest BCUT2D eigenvalue weighted by atomic mass is 32.1. The van der Waals surface area contributed by atoms with Crippen LogP contribution in [0.25, 0.3) is 0 Å². The fourth-order valence-electron chi connectivity index (χ4n) is 3.05. The summed E-state index contributed by atoms with van der Waals surface area (Å²) in [4.78, 5) is 72.0. The molecule has 1 fully saturated rings. The van der Waals surface area contributed by atoms with Crippen LogP contribution >= 0.6 is 12.6 Å². The molecule has 0 aromatic rings. The maximum absolute atomic E-state index is 13.0. The number of hydrogen-bond donors (Lipinski definition) is 7. The average molecular weight is 461 g/mol. The number of thiol groups is 1. The third-order valence-corrected chi connectivity index (χ3v) is 5.03. The molecule has 31 heavy (non-hydrogen) atoms. The zero-order valence-electron chi connectivity index (χ0n) is 16.7. The summed E-state index contributed by atoms with van der Waals surface area (Å²) in [7, 11) is 0. The van der Waals surface area contributed by atoms with Gasteiger partial charge in [-0.25, -0.2) is 4.79 Å². The van der Waals surface area contributed by atoms with Gasteiger partial charge in [-0.3, -0.25) is 24.0 Å². The largest absolute Gasteiger partial charge is 0.481 e. The Kier molecular flexibility index (Phi) is 10.2. The molecule has 13 nitrogen and oxygen atoms in total. The van der Waals surface area contributed by atoms with E-state index in [1.165, 1.54) is 0 Å². The van der Waals surface area contributed by atoms with Gasteiger partial charge in [0.15, 0.2) is 0 Å². The van der Waals surface area contributed by atoms with E-state index in [4.69, 9.17) is 21.7 Å². The number of carboxylic acids is 2. The Labute approximate surface area is 183 Å². The van der Waals surface area contributed by atoms with Crippen molar-refractivity contribution in [3.8, 4) is 0 Å². The minimum absolute atomic E-state index is 0.145. The van der Waals surface area contributed by atoms with Gasteiger partial charge in [0.05, 0.1) is 12.5 Å². The molecule has 0 aromatic heterocycles. The van der Waals surface area contributed by atoms with E-state index >= 15 is 0 Å². The van der Waals surface area contributed by atoms with Gasteiger partial charge in [0.1, 0.15) is 18.1 Å². The van der Waals surface area contributed by atoms with E-state index < -0.39 is 66.2 Å². The Hall–Kier alpha value is -2.87. The predicted molar refractivity (Wildman–Crippen MR) is 109 cm³/mol. The van der Waals surface area contributed by atoms with Crippen molar-refractivity contribution in [3.05, 3.63) is 0 Å². The quantitative estimate of drug-likeness (QED) is 0.147. The van der Waals surface area contributed by atoms with Crippen molar-refractivity contribution >= 4 is 48.2 Å². The molecule has 174 valence electrons. The Morgan fingerprint density at radius 3 is 2.26 bits per heavy atom. The lowest BCUT2D eigenvalue weighted by atomic mass is 10.1. The molecule has 0 saturated carbocycles. The van der Waals surface area contributed by atoms with Gasteiger partial charge in [-0.1, -0.05) is 0 Å². The van der Waals surface area contributed by atoms with Gasteiger partial charge in [0.25, 0.3) is 0 Å². The lowest BCUT2D eigenvalue weighted by Gasteiger charge is -2.29. The summed E-state index contributed by atoms with van der Waals surface area (Å²) in [6.45, 7) is 0.145. The van der Waals surface area contributed by atoms with Crippen molar-refractivity contribution in [2.75, 3.05) is 12.3 Å². The van der Waals surface area contributed by atoms with E-state index in [2.05, 4.69) is 23.3 Å². The molecule has 1 aliphatic heterocycles. The molecule has 0 radical (unpaired) electrons.